The van der Waals surface area contributed by atoms with Gasteiger partial charge in [0.25, 0.3) is 0 Å². The van der Waals surface area contributed by atoms with Gasteiger partial charge < -0.3 is 5.32 Å². The number of benzene rings is 1. The van der Waals surface area contributed by atoms with Crippen molar-refractivity contribution in [1.82, 2.24) is 5.32 Å². The zero-order chi connectivity index (χ0) is 9.64. The summed E-state index contributed by atoms with van der Waals surface area (Å²) >= 11 is 0. The summed E-state index contributed by atoms with van der Waals surface area (Å²) in [7, 11) is 0. The first-order valence-electron chi connectivity index (χ1n) is 5.26. The van der Waals surface area contributed by atoms with Crippen molar-refractivity contribution in [3.8, 4) is 0 Å². The monoisotopic (exact) mass is 188 g/mol. The third-order valence-electron chi connectivity index (χ3n) is 2.46. The van der Waals surface area contributed by atoms with Crippen LogP contribution in [0.3, 0.4) is 0 Å². The molecule has 0 aliphatic carbocycles. The Kier molecular flexibility index (Phi) is 3.17. The van der Waals surface area contributed by atoms with E-state index in [1.165, 1.54) is 17.8 Å². The first kappa shape index (κ1) is 9.25. The highest BCUT2D eigenvalue weighted by Crippen LogP contribution is 2.04. The highest BCUT2D eigenvalue weighted by atomic mass is 15.0. The Balaban J connectivity index is 1.85. The summed E-state index contributed by atoms with van der Waals surface area (Å²) in [6.07, 6.45) is 3.31. The van der Waals surface area contributed by atoms with E-state index in [2.05, 4.69) is 40.6 Å². The summed E-state index contributed by atoms with van der Waals surface area (Å²) in [5.74, 6) is 1.18. The van der Waals surface area contributed by atoms with Crippen molar-refractivity contribution in [3.63, 3.8) is 0 Å². The second-order valence-corrected chi connectivity index (χ2v) is 3.59. The quantitative estimate of drug-likeness (QED) is 0.771. The van der Waals surface area contributed by atoms with Gasteiger partial charge in [0, 0.05) is 19.5 Å². The van der Waals surface area contributed by atoms with E-state index in [9.17, 15) is 0 Å². The fourth-order valence-corrected chi connectivity index (χ4v) is 1.66. The second kappa shape index (κ2) is 4.80. The van der Waals surface area contributed by atoms with Gasteiger partial charge in [-0.1, -0.05) is 30.3 Å². The van der Waals surface area contributed by atoms with Crippen molar-refractivity contribution in [2.24, 2.45) is 4.99 Å². The molecule has 0 spiro atoms. The molecule has 1 aromatic carbocycles. The van der Waals surface area contributed by atoms with Crippen molar-refractivity contribution >= 4 is 5.84 Å². The van der Waals surface area contributed by atoms with Crippen LogP contribution in [0.5, 0.6) is 0 Å². The van der Waals surface area contributed by atoms with Gasteiger partial charge >= 0.3 is 0 Å². The Morgan fingerprint density at radius 3 is 2.71 bits per heavy atom. The van der Waals surface area contributed by atoms with E-state index in [0.29, 0.717) is 0 Å². The van der Waals surface area contributed by atoms with Crippen LogP contribution in [0.4, 0.5) is 0 Å². The van der Waals surface area contributed by atoms with Crippen LogP contribution in [0.2, 0.25) is 0 Å². The number of aryl methyl sites for hydroxylation is 1. The van der Waals surface area contributed by atoms with Gasteiger partial charge in [-0.05, 0) is 18.4 Å². The van der Waals surface area contributed by atoms with Gasteiger partial charge in [0.15, 0.2) is 0 Å². The van der Waals surface area contributed by atoms with Crippen LogP contribution in [0.25, 0.3) is 0 Å². The standard InChI is InChI=1S/C12H16N2/c1-2-5-11(6-3-1)7-8-12-13-9-4-10-14-12/h1-3,5-6H,4,7-10H2,(H,13,14). The maximum absolute atomic E-state index is 4.45. The molecule has 0 saturated carbocycles. The number of amidine groups is 1. The Labute approximate surface area is 85.1 Å². The second-order valence-electron chi connectivity index (χ2n) is 3.59. The molecule has 0 atom stereocenters. The molecule has 2 rings (SSSR count). The minimum Gasteiger partial charge on any atom is -0.374 e. The number of nitrogens with zero attached hydrogens (tertiary/aromatic N) is 1. The molecule has 0 saturated heterocycles. The van der Waals surface area contributed by atoms with Gasteiger partial charge in [-0.15, -0.1) is 0 Å². The van der Waals surface area contributed by atoms with Crippen molar-refractivity contribution in [2.45, 2.75) is 19.3 Å². The fraction of sp³-hybridized carbons (Fsp3) is 0.417. The Morgan fingerprint density at radius 2 is 2.00 bits per heavy atom. The Bertz CT molecular complexity index is 303. The number of hydrogen-bond donors (Lipinski definition) is 1. The highest BCUT2D eigenvalue weighted by Gasteiger charge is 2.03. The molecule has 2 nitrogen and oxygen atoms in total. The molecule has 0 radical (unpaired) electrons. The third kappa shape index (κ3) is 2.59. The molecule has 1 aliphatic rings. The predicted octanol–water partition coefficient (Wildman–Crippen LogP) is 2.01. The number of hydrogen-bond acceptors (Lipinski definition) is 2. The molecule has 0 fully saturated rings. The average Bonchev–Trinajstić information content (AvgIpc) is 2.29. The van der Waals surface area contributed by atoms with E-state index in [0.717, 1.165) is 25.9 Å². The zero-order valence-electron chi connectivity index (χ0n) is 8.37. The largest absolute Gasteiger partial charge is 0.374 e. The van der Waals surface area contributed by atoms with E-state index in [-0.39, 0.29) is 0 Å². The lowest BCUT2D eigenvalue weighted by Crippen LogP contribution is -2.29. The molecule has 2 heteroatoms. The Morgan fingerprint density at radius 1 is 1.14 bits per heavy atom. The lowest BCUT2D eigenvalue weighted by Gasteiger charge is -2.14. The number of nitrogens with one attached hydrogen (secondary N) is 1. The molecular formula is C12H16N2. The molecule has 1 aromatic rings. The van der Waals surface area contributed by atoms with Crippen molar-refractivity contribution in [2.75, 3.05) is 13.1 Å². The number of rotatable bonds is 3. The van der Waals surface area contributed by atoms with Gasteiger partial charge in [0.05, 0.1) is 5.84 Å². The van der Waals surface area contributed by atoms with Crippen molar-refractivity contribution < 1.29 is 0 Å². The molecule has 74 valence electrons. The van der Waals surface area contributed by atoms with Gasteiger partial charge in [0.2, 0.25) is 0 Å². The van der Waals surface area contributed by atoms with Gasteiger partial charge in [-0.2, -0.15) is 0 Å². The summed E-state index contributed by atoms with van der Waals surface area (Å²) < 4.78 is 0. The summed E-state index contributed by atoms with van der Waals surface area (Å²) in [6, 6.07) is 10.6. The zero-order valence-corrected chi connectivity index (χ0v) is 8.37. The normalized spacial score (nSPS) is 15.9. The van der Waals surface area contributed by atoms with Crippen molar-refractivity contribution in [1.29, 1.82) is 0 Å². The molecular weight excluding hydrogens is 172 g/mol. The smallest absolute Gasteiger partial charge is 0.0966 e. The predicted molar refractivity (Wildman–Crippen MR) is 59.7 cm³/mol. The van der Waals surface area contributed by atoms with Crippen LogP contribution in [0, 0.1) is 0 Å². The van der Waals surface area contributed by atoms with E-state index in [4.69, 9.17) is 0 Å². The summed E-state index contributed by atoms with van der Waals surface area (Å²) in [5, 5.41) is 3.34. The molecule has 0 amide bonds. The van der Waals surface area contributed by atoms with E-state index >= 15 is 0 Å². The van der Waals surface area contributed by atoms with Crippen LogP contribution in [-0.4, -0.2) is 18.9 Å². The van der Waals surface area contributed by atoms with Gasteiger partial charge in [-0.25, -0.2) is 0 Å². The molecule has 1 N–H and O–H groups in total. The number of aliphatic imine (C=N–C) groups is 1. The molecule has 1 heterocycles. The van der Waals surface area contributed by atoms with Crippen LogP contribution >= 0.6 is 0 Å². The SMILES string of the molecule is c1ccc(CCC2=NCCCN2)cc1. The van der Waals surface area contributed by atoms with Crippen LogP contribution in [-0.2, 0) is 6.42 Å². The van der Waals surface area contributed by atoms with Crippen LogP contribution in [0.1, 0.15) is 18.4 Å². The lowest BCUT2D eigenvalue weighted by atomic mass is 10.1. The van der Waals surface area contributed by atoms with Gasteiger partial charge in [-0.3, -0.25) is 4.99 Å². The lowest BCUT2D eigenvalue weighted by molar-refractivity contribution is 0.722. The van der Waals surface area contributed by atoms with Gasteiger partial charge in [0.1, 0.15) is 0 Å². The fourth-order valence-electron chi connectivity index (χ4n) is 1.66. The first-order chi connectivity index (χ1) is 6.95. The summed E-state index contributed by atoms with van der Waals surface area (Å²) in [4.78, 5) is 4.45. The first-order valence-corrected chi connectivity index (χ1v) is 5.26. The maximum Gasteiger partial charge on any atom is 0.0966 e. The van der Waals surface area contributed by atoms with E-state index < -0.39 is 0 Å². The molecule has 0 bridgehead atoms. The van der Waals surface area contributed by atoms with E-state index in [1.54, 1.807) is 0 Å². The Hall–Kier alpha value is -1.31. The minimum absolute atomic E-state index is 0.997. The summed E-state index contributed by atoms with van der Waals surface area (Å²) in [5.41, 5.74) is 1.39. The average molecular weight is 188 g/mol. The minimum atomic E-state index is 0.997. The molecule has 0 unspecified atom stereocenters. The van der Waals surface area contributed by atoms with Crippen LogP contribution < -0.4 is 5.32 Å². The molecule has 14 heavy (non-hydrogen) atoms. The van der Waals surface area contributed by atoms with Crippen LogP contribution in [0.15, 0.2) is 35.3 Å². The topological polar surface area (TPSA) is 24.4 Å². The van der Waals surface area contributed by atoms with Crippen molar-refractivity contribution in [3.05, 3.63) is 35.9 Å². The van der Waals surface area contributed by atoms with E-state index in [1.807, 2.05) is 0 Å². The molecule has 1 aliphatic heterocycles. The third-order valence-corrected chi connectivity index (χ3v) is 2.46. The summed E-state index contributed by atoms with van der Waals surface area (Å²) in [6.45, 7) is 2.09. The highest BCUT2D eigenvalue weighted by molar-refractivity contribution is 5.82. The molecule has 0 aromatic heterocycles. The maximum atomic E-state index is 4.45.